The molecule has 0 unspecified atom stereocenters. The second kappa shape index (κ2) is 6.78. The Kier molecular flexibility index (Phi) is 5.05. The molecule has 1 fully saturated rings. The van der Waals surface area contributed by atoms with Gasteiger partial charge in [-0.05, 0) is 36.2 Å². The summed E-state index contributed by atoms with van der Waals surface area (Å²) >= 11 is 0. The molecule has 2 N–H and O–H groups in total. The van der Waals surface area contributed by atoms with Crippen LogP contribution in [-0.2, 0) is 6.42 Å². The maximum atomic E-state index is 4.29. The van der Waals surface area contributed by atoms with Crippen molar-refractivity contribution in [1.29, 1.82) is 0 Å². The molecule has 0 aromatic heterocycles. The van der Waals surface area contributed by atoms with Crippen LogP contribution in [0.1, 0.15) is 32.3 Å². The van der Waals surface area contributed by atoms with Crippen LogP contribution in [-0.4, -0.2) is 26.1 Å². The van der Waals surface area contributed by atoms with Gasteiger partial charge >= 0.3 is 0 Å². The van der Waals surface area contributed by atoms with E-state index in [1.54, 1.807) is 0 Å². The molecular weight excluding hydrogens is 246 g/mol. The number of guanidine groups is 1. The van der Waals surface area contributed by atoms with E-state index in [1.165, 1.54) is 18.4 Å². The molecule has 3 nitrogen and oxygen atoms in total. The maximum Gasteiger partial charge on any atom is 0.191 e. The van der Waals surface area contributed by atoms with Gasteiger partial charge in [-0.1, -0.05) is 44.2 Å². The lowest BCUT2D eigenvalue weighted by atomic mass is 9.86. The SMILES string of the molecule is CN=C(NCC1CC1)NCC(C)(C)Cc1ccccc1. The Balaban J connectivity index is 1.77. The molecule has 1 aliphatic carbocycles. The largest absolute Gasteiger partial charge is 0.356 e. The number of hydrogen-bond acceptors (Lipinski definition) is 1. The predicted octanol–water partition coefficient (Wildman–Crippen LogP) is 2.83. The Bertz CT molecular complexity index is 433. The van der Waals surface area contributed by atoms with Crippen molar-refractivity contribution in [3.05, 3.63) is 35.9 Å². The van der Waals surface area contributed by atoms with Crippen molar-refractivity contribution in [2.45, 2.75) is 33.1 Å². The van der Waals surface area contributed by atoms with E-state index < -0.39 is 0 Å². The van der Waals surface area contributed by atoms with Crippen molar-refractivity contribution in [3.63, 3.8) is 0 Å². The van der Waals surface area contributed by atoms with Crippen molar-refractivity contribution in [2.24, 2.45) is 16.3 Å². The quantitative estimate of drug-likeness (QED) is 0.617. The average Bonchev–Trinajstić information content (AvgIpc) is 3.23. The minimum Gasteiger partial charge on any atom is -0.356 e. The minimum absolute atomic E-state index is 0.207. The zero-order valence-corrected chi connectivity index (χ0v) is 12.9. The van der Waals surface area contributed by atoms with Gasteiger partial charge in [-0.2, -0.15) is 0 Å². The van der Waals surface area contributed by atoms with E-state index in [0.717, 1.165) is 31.4 Å². The van der Waals surface area contributed by atoms with Crippen molar-refractivity contribution < 1.29 is 0 Å². The molecule has 0 heterocycles. The van der Waals surface area contributed by atoms with E-state index in [1.807, 2.05) is 7.05 Å². The van der Waals surface area contributed by atoms with Gasteiger partial charge in [-0.15, -0.1) is 0 Å². The summed E-state index contributed by atoms with van der Waals surface area (Å²) in [6.45, 7) is 6.56. The van der Waals surface area contributed by atoms with Gasteiger partial charge in [0.2, 0.25) is 0 Å². The van der Waals surface area contributed by atoms with Crippen molar-refractivity contribution in [3.8, 4) is 0 Å². The summed E-state index contributed by atoms with van der Waals surface area (Å²) in [6.07, 6.45) is 3.80. The van der Waals surface area contributed by atoms with Crippen LogP contribution in [0.2, 0.25) is 0 Å². The third kappa shape index (κ3) is 5.24. The van der Waals surface area contributed by atoms with Crippen molar-refractivity contribution in [2.75, 3.05) is 20.1 Å². The molecule has 0 saturated heterocycles. The van der Waals surface area contributed by atoms with Crippen molar-refractivity contribution in [1.82, 2.24) is 10.6 Å². The molecule has 0 spiro atoms. The van der Waals surface area contributed by atoms with Crippen LogP contribution in [0, 0.1) is 11.3 Å². The summed E-state index contributed by atoms with van der Waals surface area (Å²) in [6, 6.07) is 10.7. The lowest BCUT2D eigenvalue weighted by Crippen LogP contribution is -2.43. The van der Waals surface area contributed by atoms with Crippen LogP contribution >= 0.6 is 0 Å². The van der Waals surface area contributed by atoms with Gasteiger partial charge in [0.1, 0.15) is 0 Å². The summed E-state index contributed by atoms with van der Waals surface area (Å²) < 4.78 is 0. The number of hydrogen-bond donors (Lipinski definition) is 2. The first-order chi connectivity index (χ1) is 9.59. The number of nitrogens with one attached hydrogen (secondary N) is 2. The normalized spacial score (nSPS) is 16.1. The molecule has 20 heavy (non-hydrogen) atoms. The summed E-state index contributed by atoms with van der Waals surface area (Å²) in [4.78, 5) is 4.29. The smallest absolute Gasteiger partial charge is 0.191 e. The van der Waals surface area contributed by atoms with Crippen LogP contribution in [0.4, 0.5) is 0 Å². The molecule has 2 rings (SSSR count). The summed E-state index contributed by atoms with van der Waals surface area (Å²) in [5.41, 5.74) is 1.60. The molecule has 1 aromatic carbocycles. The molecule has 3 heteroatoms. The van der Waals surface area contributed by atoms with Gasteiger partial charge in [0.05, 0.1) is 0 Å². The third-order valence-electron chi connectivity index (χ3n) is 3.74. The monoisotopic (exact) mass is 273 g/mol. The van der Waals surface area contributed by atoms with Crippen molar-refractivity contribution >= 4 is 5.96 Å². The van der Waals surface area contributed by atoms with E-state index in [9.17, 15) is 0 Å². The van der Waals surface area contributed by atoms with E-state index in [2.05, 4.69) is 59.8 Å². The predicted molar refractivity (Wildman–Crippen MR) is 86.0 cm³/mol. The first-order valence-corrected chi connectivity index (χ1v) is 7.57. The lowest BCUT2D eigenvalue weighted by molar-refractivity contribution is 0.359. The third-order valence-corrected chi connectivity index (χ3v) is 3.74. The zero-order chi connectivity index (χ0) is 14.4. The number of nitrogens with zero attached hydrogens (tertiary/aromatic N) is 1. The Morgan fingerprint density at radius 3 is 2.50 bits per heavy atom. The highest BCUT2D eigenvalue weighted by molar-refractivity contribution is 5.79. The van der Waals surface area contributed by atoms with E-state index in [-0.39, 0.29) is 5.41 Å². The van der Waals surface area contributed by atoms with Gasteiger partial charge in [-0.25, -0.2) is 0 Å². The Hall–Kier alpha value is -1.51. The topological polar surface area (TPSA) is 36.4 Å². The molecule has 0 bridgehead atoms. The Labute approximate surface area is 122 Å². The fourth-order valence-corrected chi connectivity index (χ4v) is 2.32. The highest BCUT2D eigenvalue weighted by Crippen LogP contribution is 2.27. The van der Waals surface area contributed by atoms with Crippen LogP contribution in [0.15, 0.2) is 35.3 Å². The molecule has 0 radical (unpaired) electrons. The fraction of sp³-hybridized carbons (Fsp3) is 0.588. The fourth-order valence-electron chi connectivity index (χ4n) is 2.32. The van der Waals surface area contributed by atoms with Gasteiger partial charge < -0.3 is 10.6 Å². The maximum absolute atomic E-state index is 4.29. The van der Waals surface area contributed by atoms with Gasteiger partial charge in [0, 0.05) is 20.1 Å². The molecule has 0 amide bonds. The molecule has 0 atom stereocenters. The average molecular weight is 273 g/mol. The molecule has 110 valence electrons. The number of benzene rings is 1. The molecule has 0 aliphatic heterocycles. The van der Waals surface area contributed by atoms with E-state index in [4.69, 9.17) is 0 Å². The second-order valence-corrected chi connectivity index (χ2v) is 6.58. The number of aliphatic imine (C=N–C) groups is 1. The highest BCUT2D eigenvalue weighted by atomic mass is 15.2. The molecule has 1 aliphatic rings. The summed E-state index contributed by atoms with van der Waals surface area (Å²) in [5, 5.41) is 6.86. The van der Waals surface area contributed by atoms with Gasteiger partial charge in [0.25, 0.3) is 0 Å². The first kappa shape index (κ1) is 14.9. The Morgan fingerprint density at radius 1 is 1.20 bits per heavy atom. The van der Waals surface area contributed by atoms with E-state index in [0.29, 0.717) is 0 Å². The molecule has 1 saturated carbocycles. The Morgan fingerprint density at radius 2 is 1.90 bits per heavy atom. The standard InChI is InChI=1S/C17H27N3/c1-17(2,11-14-7-5-4-6-8-14)13-20-16(18-3)19-12-15-9-10-15/h4-8,15H,9-13H2,1-3H3,(H2,18,19,20). The van der Waals surface area contributed by atoms with Crippen LogP contribution in [0.5, 0.6) is 0 Å². The first-order valence-electron chi connectivity index (χ1n) is 7.57. The second-order valence-electron chi connectivity index (χ2n) is 6.58. The van der Waals surface area contributed by atoms with Crippen LogP contribution in [0.3, 0.4) is 0 Å². The lowest BCUT2D eigenvalue weighted by Gasteiger charge is -2.26. The van der Waals surface area contributed by atoms with Crippen LogP contribution < -0.4 is 10.6 Å². The highest BCUT2D eigenvalue weighted by Gasteiger charge is 2.22. The molecular formula is C17H27N3. The van der Waals surface area contributed by atoms with Gasteiger partial charge in [-0.3, -0.25) is 4.99 Å². The van der Waals surface area contributed by atoms with E-state index >= 15 is 0 Å². The minimum atomic E-state index is 0.207. The summed E-state index contributed by atoms with van der Waals surface area (Å²) in [7, 11) is 1.84. The van der Waals surface area contributed by atoms with Gasteiger partial charge in [0.15, 0.2) is 5.96 Å². The zero-order valence-electron chi connectivity index (χ0n) is 12.9. The summed E-state index contributed by atoms with van der Waals surface area (Å²) in [5.74, 6) is 1.80. The molecule has 1 aromatic rings. The van der Waals surface area contributed by atoms with Crippen LogP contribution in [0.25, 0.3) is 0 Å². The number of rotatable bonds is 6.